The summed E-state index contributed by atoms with van der Waals surface area (Å²) >= 11 is 0. The van der Waals surface area contributed by atoms with E-state index < -0.39 is 6.10 Å². The zero-order valence-electron chi connectivity index (χ0n) is 5.28. The Hall–Kier alpha value is -0.133. The SMILES string of the molecule is O[C-]1C=CC=CC1O.[Li+]. The van der Waals surface area contributed by atoms with Crippen molar-refractivity contribution in [3.63, 3.8) is 0 Å². The van der Waals surface area contributed by atoms with Crippen LogP contribution in [0.15, 0.2) is 24.3 Å². The second-order valence-corrected chi connectivity index (χ2v) is 1.61. The van der Waals surface area contributed by atoms with E-state index in [1.165, 1.54) is 12.2 Å². The molecule has 1 rings (SSSR count). The van der Waals surface area contributed by atoms with Gasteiger partial charge in [0.25, 0.3) is 0 Å². The Morgan fingerprint density at radius 2 is 2.00 bits per heavy atom. The molecule has 0 saturated heterocycles. The van der Waals surface area contributed by atoms with Crippen LogP contribution in [-0.4, -0.2) is 16.3 Å². The van der Waals surface area contributed by atoms with Crippen LogP contribution in [0.25, 0.3) is 0 Å². The molecule has 2 nitrogen and oxygen atoms in total. The largest absolute Gasteiger partial charge is 1.00 e. The van der Waals surface area contributed by atoms with Gasteiger partial charge in [-0.3, -0.25) is 0 Å². The molecule has 0 spiro atoms. The van der Waals surface area contributed by atoms with Crippen LogP contribution in [0.3, 0.4) is 0 Å². The maximum atomic E-state index is 8.75. The minimum atomic E-state index is -0.792. The number of allylic oxidation sites excluding steroid dienone is 2. The number of hydrogen-bond acceptors (Lipinski definition) is 2. The quantitative estimate of drug-likeness (QED) is 0.270. The molecule has 0 aliphatic heterocycles. The van der Waals surface area contributed by atoms with E-state index in [1.54, 1.807) is 12.2 Å². The van der Waals surface area contributed by atoms with E-state index in [9.17, 15) is 0 Å². The monoisotopic (exact) mass is 118 g/mol. The number of rotatable bonds is 0. The van der Waals surface area contributed by atoms with Gasteiger partial charge in [0, 0.05) is 0 Å². The van der Waals surface area contributed by atoms with Crippen molar-refractivity contribution in [1.82, 2.24) is 0 Å². The van der Waals surface area contributed by atoms with Gasteiger partial charge >= 0.3 is 18.9 Å². The third kappa shape index (κ3) is 2.29. The molecular weight excluding hydrogens is 111 g/mol. The molecule has 44 valence electrons. The Kier molecular flexibility index (Phi) is 3.75. The molecule has 0 fully saturated rings. The molecule has 0 aromatic carbocycles. The van der Waals surface area contributed by atoms with Crippen LogP contribution in [0.5, 0.6) is 0 Å². The van der Waals surface area contributed by atoms with Crippen molar-refractivity contribution in [3.05, 3.63) is 30.4 Å². The van der Waals surface area contributed by atoms with Crippen molar-refractivity contribution >= 4 is 0 Å². The molecule has 0 aromatic rings. The van der Waals surface area contributed by atoms with Gasteiger partial charge in [0.15, 0.2) is 0 Å². The standard InChI is InChI=1S/C6H7O2.Li/c7-5-3-1-2-4-6(5)8;/h1-5,7-8H;/q-1;+1. The van der Waals surface area contributed by atoms with Crippen LogP contribution >= 0.6 is 0 Å². The molecule has 0 amide bonds. The molecule has 0 aromatic heterocycles. The van der Waals surface area contributed by atoms with Crippen LogP contribution in [0.1, 0.15) is 0 Å². The summed E-state index contributed by atoms with van der Waals surface area (Å²) < 4.78 is 0. The van der Waals surface area contributed by atoms with Gasteiger partial charge in [0.2, 0.25) is 0 Å². The summed E-state index contributed by atoms with van der Waals surface area (Å²) in [5.74, 6) is 0. The maximum Gasteiger partial charge on any atom is 1.00 e. The number of aliphatic hydroxyl groups excluding tert-OH is 2. The van der Waals surface area contributed by atoms with Crippen molar-refractivity contribution < 1.29 is 29.1 Å². The second kappa shape index (κ2) is 3.81. The average Bonchev–Trinajstić information content (AvgIpc) is 1.77. The van der Waals surface area contributed by atoms with Gasteiger partial charge < -0.3 is 10.2 Å². The van der Waals surface area contributed by atoms with E-state index >= 15 is 0 Å². The molecule has 2 N–H and O–H groups in total. The Bertz CT molecular complexity index is 115. The van der Waals surface area contributed by atoms with E-state index in [4.69, 9.17) is 10.2 Å². The fourth-order valence-corrected chi connectivity index (χ4v) is 0.521. The summed E-state index contributed by atoms with van der Waals surface area (Å²) in [5.41, 5.74) is 0. The van der Waals surface area contributed by atoms with Crippen molar-refractivity contribution in [2.75, 3.05) is 0 Å². The molecule has 3 heteroatoms. The third-order valence-electron chi connectivity index (χ3n) is 0.975. The van der Waals surface area contributed by atoms with Gasteiger partial charge in [-0.2, -0.15) is 6.08 Å². The molecule has 1 unspecified atom stereocenters. The van der Waals surface area contributed by atoms with Crippen molar-refractivity contribution in [3.8, 4) is 0 Å². The van der Waals surface area contributed by atoms with E-state index in [-0.39, 0.29) is 25.0 Å². The first-order chi connectivity index (χ1) is 3.80. The van der Waals surface area contributed by atoms with Gasteiger partial charge in [-0.15, -0.1) is 6.08 Å². The summed E-state index contributed by atoms with van der Waals surface area (Å²) in [6.07, 6.45) is 5.54. The predicted molar refractivity (Wildman–Crippen MR) is 29.5 cm³/mol. The van der Waals surface area contributed by atoms with Crippen LogP contribution in [0, 0.1) is 6.10 Å². The van der Waals surface area contributed by atoms with Gasteiger partial charge in [-0.05, 0) is 0 Å². The van der Waals surface area contributed by atoms with E-state index in [0.717, 1.165) is 0 Å². The molecular formula is C6H7LiO2. The molecule has 9 heavy (non-hydrogen) atoms. The van der Waals surface area contributed by atoms with Gasteiger partial charge in [0.05, 0.1) is 6.10 Å². The first-order valence-corrected chi connectivity index (χ1v) is 2.39. The maximum absolute atomic E-state index is 8.75. The minimum absolute atomic E-state index is 0. The van der Waals surface area contributed by atoms with Crippen molar-refractivity contribution in [2.45, 2.75) is 6.10 Å². The first kappa shape index (κ1) is 8.87. The smallest absolute Gasteiger partial charge is 0.452 e. The Morgan fingerprint density at radius 1 is 1.33 bits per heavy atom. The first-order valence-electron chi connectivity index (χ1n) is 2.39. The average molecular weight is 118 g/mol. The molecule has 0 bridgehead atoms. The van der Waals surface area contributed by atoms with Crippen LogP contribution in [0.4, 0.5) is 0 Å². The van der Waals surface area contributed by atoms with Crippen molar-refractivity contribution in [2.24, 2.45) is 0 Å². The molecule has 1 aliphatic rings. The molecule has 1 atom stereocenters. The summed E-state index contributed by atoms with van der Waals surface area (Å²) in [4.78, 5) is 0. The zero-order chi connectivity index (χ0) is 5.98. The van der Waals surface area contributed by atoms with E-state index in [1.807, 2.05) is 0 Å². The van der Waals surface area contributed by atoms with Gasteiger partial charge in [0.1, 0.15) is 0 Å². The van der Waals surface area contributed by atoms with Gasteiger partial charge in [-0.25, -0.2) is 6.08 Å². The Balaban J connectivity index is 0.000000640. The van der Waals surface area contributed by atoms with Crippen molar-refractivity contribution in [1.29, 1.82) is 0 Å². The van der Waals surface area contributed by atoms with Crippen LogP contribution < -0.4 is 18.9 Å². The fourth-order valence-electron chi connectivity index (χ4n) is 0.521. The number of hydrogen-bond donors (Lipinski definition) is 2. The molecule has 1 aliphatic carbocycles. The third-order valence-corrected chi connectivity index (χ3v) is 0.975. The summed E-state index contributed by atoms with van der Waals surface area (Å²) in [6, 6.07) is 0. The zero-order valence-corrected chi connectivity index (χ0v) is 5.28. The topological polar surface area (TPSA) is 40.5 Å². The predicted octanol–water partition coefficient (Wildman–Crippen LogP) is -2.62. The fraction of sp³-hybridized carbons (Fsp3) is 0.167. The summed E-state index contributed by atoms with van der Waals surface area (Å²) in [5, 5.41) is 17.5. The Morgan fingerprint density at radius 3 is 2.33 bits per heavy atom. The van der Waals surface area contributed by atoms with Gasteiger partial charge in [-0.1, -0.05) is 12.2 Å². The van der Waals surface area contributed by atoms with Crippen LogP contribution in [-0.2, 0) is 0 Å². The molecule has 0 saturated carbocycles. The second-order valence-electron chi connectivity index (χ2n) is 1.61. The van der Waals surface area contributed by atoms with E-state index in [2.05, 4.69) is 0 Å². The summed E-state index contributed by atoms with van der Waals surface area (Å²) in [6.45, 7) is 0. The molecule has 0 radical (unpaired) electrons. The Labute approximate surface area is 66.1 Å². The van der Waals surface area contributed by atoms with E-state index in [0.29, 0.717) is 0 Å². The number of aliphatic hydroxyl groups is 2. The minimum Gasteiger partial charge on any atom is -0.452 e. The normalized spacial score (nSPS) is 23.8. The molecule has 0 heterocycles. The van der Waals surface area contributed by atoms with Crippen LogP contribution in [0.2, 0.25) is 0 Å². The summed E-state index contributed by atoms with van der Waals surface area (Å²) in [7, 11) is 0.